The van der Waals surface area contributed by atoms with Gasteiger partial charge in [-0.15, -0.1) is 9.24 Å². The van der Waals surface area contributed by atoms with E-state index in [1.54, 1.807) is 0 Å². The minimum Gasteiger partial charge on any atom is -0.352 e. The summed E-state index contributed by atoms with van der Waals surface area (Å²) in [4.78, 5) is 18.5. The molecule has 0 aliphatic heterocycles. The number of amides is 1. The zero-order valence-corrected chi connectivity index (χ0v) is 26.1. The number of aromatic nitrogens is 1. The number of aryl methyl sites for hydroxylation is 2. The van der Waals surface area contributed by atoms with E-state index in [0.29, 0.717) is 11.5 Å². The van der Waals surface area contributed by atoms with Gasteiger partial charge in [0.05, 0.1) is 16.8 Å². The van der Waals surface area contributed by atoms with Crippen LogP contribution in [0, 0.1) is 25.7 Å². The Morgan fingerprint density at radius 2 is 1.61 bits per heavy atom. The highest BCUT2D eigenvalue weighted by atomic mass is 31.0. The van der Waals surface area contributed by atoms with Gasteiger partial charge in [-0.2, -0.15) is 0 Å². The molecule has 1 N–H and O–H groups in total. The fourth-order valence-corrected chi connectivity index (χ4v) is 5.47. The van der Waals surface area contributed by atoms with Crippen LogP contribution < -0.4 is 10.6 Å². The van der Waals surface area contributed by atoms with Crippen LogP contribution >= 0.6 is 9.24 Å². The van der Waals surface area contributed by atoms with E-state index >= 15 is 0 Å². The predicted octanol–water partition coefficient (Wildman–Crippen LogP) is 8.80. The van der Waals surface area contributed by atoms with Gasteiger partial charge in [-0.25, -0.2) is 4.98 Å². The number of benzene rings is 2. The molecule has 1 amide bonds. The molecule has 4 rings (SSSR count). The molecule has 1 aromatic heterocycles. The molecule has 3 aromatic rings. The van der Waals surface area contributed by atoms with Crippen LogP contribution in [0.4, 0.5) is 0 Å². The lowest BCUT2D eigenvalue weighted by Gasteiger charge is -2.27. The Kier molecular flexibility index (Phi) is 13.2. The van der Waals surface area contributed by atoms with Crippen molar-refractivity contribution in [3.05, 3.63) is 76.5 Å². The van der Waals surface area contributed by atoms with Crippen molar-refractivity contribution in [2.75, 3.05) is 6.54 Å². The van der Waals surface area contributed by atoms with E-state index in [-0.39, 0.29) is 5.91 Å². The summed E-state index contributed by atoms with van der Waals surface area (Å²) in [6, 6.07) is 14.6. The molecule has 1 fully saturated rings. The summed E-state index contributed by atoms with van der Waals surface area (Å²) >= 11 is 0. The number of fused-ring (bicyclic) bond motifs is 1. The normalized spacial score (nSPS) is 17.1. The van der Waals surface area contributed by atoms with Crippen LogP contribution in [-0.2, 0) is 0 Å². The molecule has 2 aromatic carbocycles. The molecular formula is C34H49N2OP. The highest BCUT2D eigenvalue weighted by molar-refractivity contribution is 7.27. The first-order valence-electron chi connectivity index (χ1n) is 14.6. The third kappa shape index (κ3) is 8.00. The summed E-state index contributed by atoms with van der Waals surface area (Å²) in [6.45, 7) is 17.3. The second-order valence-electron chi connectivity index (χ2n) is 9.86. The molecule has 1 unspecified atom stereocenters. The molecule has 0 radical (unpaired) electrons. The van der Waals surface area contributed by atoms with Crippen LogP contribution in [-0.4, -0.2) is 17.4 Å². The number of nitrogens with one attached hydrogen (secondary N) is 1. The molecule has 1 aliphatic carbocycles. The van der Waals surface area contributed by atoms with Gasteiger partial charge < -0.3 is 5.32 Å². The minimum atomic E-state index is 0.00194. The summed E-state index contributed by atoms with van der Waals surface area (Å²) in [5, 5.41) is 5.31. The Balaban J connectivity index is 0.00000121. The van der Waals surface area contributed by atoms with E-state index < -0.39 is 0 Å². The number of carbonyl (C=O) groups is 1. The smallest absolute Gasteiger partial charge is 0.252 e. The lowest BCUT2D eigenvalue weighted by atomic mass is 9.81. The van der Waals surface area contributed by atoms with E-state index in [9.17, 15) is 4.79 Å². The van der Waals surface area contributed by atoms with Crippen LogP contribution in [0.2, 0.25) is 0 Å². The van der Waals surface area contributed by atoms with Crippen molar-refractivity contribution < 1.29 is 4.79 Å². The van der Waals surface area contributed by atoms with Gasteiger partial charge in [0.2, 0.25) is 0 Å². The first-order valence-corrected chi connectivity index (χ1v) is 15.2. The zero-order chi connectivity index (χ0) is 28.2. The van der Waals surface area contributed by atoms with Gasteiger partial charge in [0.25, 0.3) is 5.91 Å². The molecule has 3 nitrogen and oxygen atoms in total. The molecule has 0 spiro atoms. The van der Waals surface area contributed by atoms with Gasteiger partial charge >= 0.3 is 0 Å². The molecule has 1 aliphatic rings. The largest absolute Gasteiger partial charge is 0.352 e. The van der Waals surface area contributed by atoms with Crippen molar-refractivity contribution in [3.63, 3.8) is 0 Å². The van der Waals surface area contributed by atoms with Gasteiger partial charge in [0.1, 0.15) is 0 Å². The maximum Gasteiger partial charge on any atom is 0.252 e. The van der Waals surface area contributed by atoms with Crippen molar-refractivity contribution in [1.29, 1.82) is 0 Å². The average Bonchev–Trinajstić information content (AvgIpc) is 2.95. The number of rotatable bonds is 6. The van der Waals surface area contributed by atoms with Crippen molar-refractivity contribution in [3.8, 4) is 0 Å². The van der Waals surface area contributed by atoms with E-state index in [2.05, 4.69) is 71.7 Å². The molecule has 1 atom stereocenters. The number of allylic oxidation sites excluding steroid dienone is 1. The number of pyridine rings is 1. The van der Waals surface area contributed by atoms with Gasteiger partial charge in [-0.05, 0) is 85.6 Å². The van der Waals surface area contributed by atoms with Crippen molar-refractivity contribution >= 4 is 36.9 Å². The Bertz CT molecular complexity index is 1220. The fraction of sp³-hybridized carbons (Fsp3) is 0.471. The Morgan fingerprint density at radius 3 is 2.24 bits per heavy atom. The quantitative estimate of drug-likeness (QED) is 0.322. The molecule has 1 saturated carbocycles. The first-order chi connectivity index (χ1) is 18.4. The Morgan fingerprint density at radius 1 is 0.947 bits per heavy atom. The van der Waals surface area contributed by atoms with Crippen LogP contribution in [0.3, 0.4) is 0 Å². The van der Waals surface area contributed by atoms with E-state index in [4.69, 9.17) is 4.98 Å². The molecule has 0 saturated heterocycles. The Hall–Kier alpha value is -2.51. The molecule has 1 heterocycles. The van der Waals surface area contributed by atoms with Crippen LogP contribution in [0.5, 0.6) is 0 Å². The third-order valence-electron chi connectivity index (χ3n) is 7.42. The van der Waals surface area contributed by atoms with Crippen molar-refractivity contribution in [2.24, 2.45) is 11.8 Å². The highest BCUT2D eigenvalue weighted by Crippen LogP contribution is 2.31. The van der Waals surface area contributed by atoms with Crippen LogP contribution in [0.1, 0.15) is 106 Å². The molecule has 38 heavy (non-hydrogen) atoms. The monoisotopic (exact) mass is 532 g/mol. The summed E-state index contributed by atoms with van der Waals surface area (Å²) in [5.41, 5.74) is 6.95. The molecule has 4 heteroatoms. The fourth-order valence-electron chi connectivity index (χ4n) is 5.21. The topological polar surface area (TPSA) is 42.0 Å². The Labute approximate surface area is 234 Å². The molecule has 0 bridgehead atoms. The predicted molar refractivity (Wildman–Crippen MR) is 171 cm³/mol. The first kappa shape index (κ1) is 31.7. The number of hydrogen-bond acceptors (Lipinski definition) is 2. The standard InChI is InChI=1S/C30H37N2OP.2C2H6/c1-5-21-9-11-22(12-10-21)18-31-30(33)27-17-29(32-28-15-19(3)7-14-25(27)28)24(6-2)26-16-23(34)13-8-20(26)4;2*1-2/h6-8,13-17,21-22H,5,9-12,18,34H2,1-4H3,(H,31,33);2*1-2H3/b24-6+;;. The van der Waals surface area contributed by atoms with Crippen LogP contribution in [0.25, 0.3) is 16.5 Å². The lowest BCUT2D eigenvalue weighted by molar-refractivity contribution is 0.0942. The van der Waals surface area contributed by atoms with Gasteiger partial charge in [-0.3, -0.25) is 4.79 Å². The average molecular weight is 533 g/mol. The van der Waals surface area contributed by atoms with E-state index in [1.807, 2.05) is 46.8 Å². The number of nitrogens with zero attached hydrogens (tertiary/aromatic N) is 1. The highest BCUT2D eigenvalue weighted by Gasteiger charge is 2.22. The van der Waals surface area contributed by atoms with Crippen molar-refractivity contribution in [1.82, 2.24) is 10.3 Å². The van der Waals surface area contributed by atoms with E-state index in [1.165, 1.54) is 37.7 Å². The maximum atomic E-state index is 13.5. The summed E-state index contributed by atoms with van der Waals surface area (Å²) in [5.74, 6) is 1.45. The van der Waals surface area contributed by atoms with Gasteiger partial charge in [0, 0.05) is 17.5 Å². The second kappa shape index (κ2) is 15.8. The van der Waals surface area contributed by atoms with Crippen LogP contribution in [0.15, 0.2) is 48.5 Å². The molecular weight excluding hydrogens is 483 g/mol. The summed E-state index contributed by atoms with van der Waals surface area (Å²) < 4.78 is 0. The maximum absolute atomic E-state index is 13.5. The number of hydrogen-bond donors (Lipinski definition) is 1. The van der Waals surface area contributed by atoms with Crippen molar-refractivity contribution in [2.45, 2.75) is 87.5 Å². The zero-order valence-electron chi connectivity index (χ0n) is 24.9. The minimum absolute atomic E-state index is 0.00194. The van der Waals surface area contributed by atoms with Gasteiger partial charge in [0.15, 0.2) is 0 Å². The lowest BCUT2D eigenvalue weighted by Crippen LogP contribution is -2.31. The van der Waals surface area contributed by atoms with Gasteiger partial charge in [-0.1, -0.05) is 84.2 Å². The SMILES string of the molecule is C/C=C(/c1cc(C(=O)NCC2CCC(CC)CC2)c2ccc(C)cc2n1)c1cc(P)ccc1C.CC.CC. The van der Waals surface area contributed by atoms with E-state index in [0.717, 1.165) is 51.1 Å². The third-order valence-corrected chi connectivity index (χ3v) is 7.78. The second-order valence-corrected chi connectivity index (χ2v) is 10.5. The number of carbonyl (C=O) groups excluding carboxylic acids is 1. The summed E-state index contributed by atoms with van der Waals surface area (Å²) in [6.07, 6.45) is 8.39. The summed E-state index contributed by atoms with van der Waals surface area (Å²) in [7, 11) is 2.78. The molecule has 206 valence electrons.